The van der Waals surface area contributed by atoms with Gasteiger partial charge in [-0.15, -0.1) is 0 Å². The van der Waals surface area contributed by atoms with E-state index in [1.807, 2.05) is 11.9 Å². The van der Waals surface area contributed by atoms with Crippen LogP contribution in [0.1, 0.15) is 18.4 Å². The van der Waals surface area contributed by atoms with E-state index in [1.54, 1.807) is 37.4 Å². The Kier molecular flexibility index (Phi) is 6.43. The van der Waals surface area contributed by atoms with Gasteiger partial charge in [-0.25, -0.2) is 9.37 Å². The predicted octanol–water partition coefficient (Wildman–Crippen LogP) is 3.32. The molecule has 4 rings (SSSR count). The van der Waals surface area contributed by atoms with E-state index < -0.39 is 5.82 Å². The summed E-state index contributed by atoms with van der Waals surface area (Å²) in [5.74, 6) is 0.0611. The fraction of sp³-hybridized carbons (Fsp3) is 0.320. The lowest BCUT2D eigenvalue weighted by Crippen LogP contribution is -2.38. The minimum Gasteiger partial charge on any atom is -0.494 e. The maximum Gasteiger partial charge on any atom is 0.263 e. The number of benzene rings is 2. The third-order valence-corrected chi connectivity index (χ3v) is 5.99. The summed E-state index contributed by atoms with van der Waals surface area (Å²) in [6.07, 6.45) is 2.20. The van der Waals surface area contributed by atoms with E-state index in [4.69, 9.17) is 15.0 Å². The molecule has 170 valence electrons. The molecule has 1 aliphatic heterocycles. The Labute approximate surface area is 192 Å². The van der Waals surface area contributed by atoms with Crippen molar-refractivity contribution in [3.05, 3.63) is 64.2 Å². The van der Waals surface area contributed by atoms with Gasteiger partial charge in [0.2, 0.25) is 5.95 Å². The average Bonchev–Trinajstić information content (AvgIpc) is 3.33. The Bertz CT molecular complexity index is 1260. The third kappa shape index (κ3) is 4.45. The van der Waals surface area contributed by atoms with E-state index in [0.29, 0.717) is 46.5 Å². The van der Waals surface area contributed by atoms with E-state index >= 15 is 0 Å². The van der Waals surface area contributed by atoms with Crippen LogP contribution >= 0.6 is 0 Å². The van der Waals surface area contributed by atoms with Crippen LogP contribution in [0.5, 0.6) is 5.75 Å². The number of nitriles is 1. The maximum atomic E-state index is 14.5. The highest BCUT2D eigenvalue weighted by Crippen LogP contribution is 2.32. The Morgan fingerprint density at radius 3 is 2.61 bits per heavy atom. The number of halogens is 1. The molecule has 0 aliphatic carbocycles. The third-order valence-electron chi connectivity index (χ3n) is 5.99. The second-order valence-corrected chi connectivity index (χ2v) is 8.21. The molecular formula is C25H26FN5O2. The molecule has 3 aromatic rings. The normalized spacial score (nSPS) is 15.3. The number of nitrogens with one attached hydrogen (secondary N) is 1. The molecule has 0 bridgehead atoms. The zero-order chi connectivity index (χ0) is 23.5. The largest absolute Gasteiger partial charge is 0.494 e. The van der Waals surface area contributed by atoms with Gasteiger partial charge in [0.15, 0.2) is 11.6 Å². The minimum atomic E-state index is -0.559. The van der Waals surface area contributed by atoms with E-state index in [0.717, 1.165) is 19.4 Å². The fourth-order valence-corrected chi connectivity index (χ4v) is 4.25. The van der Waals surface area contributed by atoms with E-state index in [2.05, 4.69) is 11.4 Å². The standard InChI is InChI=1S/C25H26FN5O2/c1-30(15-19-5-4-12-28-19)25-29-23(17-8-6-16(14-27)7-9-17)22(24(32)31(25)2)18-10-11-21(33-3)20(26)13-18/h6-11,13,19,28H,4-5,12,15H2,1-3H3. The summed E-state index contributed by atoms with van der Waals surface area (Å²) in [6.45, 7) is 1.70. The summed E-state index contributed by atoms with van der Waals surface area (Å²) < 4.78 is 21.1. The fourth-order valence-electron chi connectivity index (χ4n) is 4.25. The second-order valence-electron chi connectivity index (χ2n) is 8.21. The molecule has 1 atom stereocenters. The van der Waals surface area contributed by atoms with Crippen LogP contribution in [0.4, 0.5) is 10.3 Å². The van der Waals surface area contributed by atoms with Crippen LogP contribution in [-0.2, 0) is 7.05 Å². The highest BCUT2D eigenvalue weighted by atomic mass is 19.1. The molecule has 0 amide bonds. The number of rotatable bonds is 6. The average molecular weight is 448 g/mol. The van der Waals surface area contributed by atoms with Gasteiger partial charge in [0.25, 0.3) is 5.56 Å². The first kappa shape index (κ1) is 22.5. The number of nitrogens with zero attached hydrogens (tertiary/aromatic N) is 4. The number of ether oxygens (including phenoxy) is 1. The van der Waals surface area contributed by atoms with Gasteiger partial charge in [0.1, 0.15) is 0 Å². The van der Waals surface area contributed by atoms with Crippen molar-refractivity contribution >= 4 is 5.95 Å². The number of anilines is 1. The van der Waals surface area contributed by atoms with Crippen molar-refractivity contribution in [2.45, 2.75) is 18.9 Å². The predicted molar refractivity (Wildman–Crippen MR) is 126 cm³/mol. The maximum absolute atomic E-state index is 14.5. The molecule has 2 aromatic carbocycles. The van der Waals surface area contributed by atoms with Crippen LogP contribution in [-0.4, -0.2) is 42.8 Å². The summed E-state index contributed by atoms with van der Waals surface area (Å²) >= 11 is 0. The summed E-state index contributed by atoms with van der Waals surface area (Å²) in [4.78, 5) is 20.4. The van der Waals surface area contributed by atoms with Gasteiger partial charge in [-0.3, -0.25) is 9.36 Å². The van der Waals surface area contributed by atoms with Gasteiger partial charge < -0.3 is 15.0 Å². The van der Waals surface area contributed by atoms with Crippen molar-refractivity contribution in [2.75, 3.05) is 32.1 Å². The zero-order valence-corrected chi connectivity index (χ0v) is 18.9. The van der Waals surface area contributed by atoms with Crippen molar-refractivity contribution in [1.82, 2.24) is 14.9 Å². The molecule has 0 saturated carbocycles. The van der Waals surface area contributed by atoms with Crippen LogP contribution in [0.25, 0.3) is 22.4 Å². The van der Waals surface area contributed by atoms with Crippen LogP contribution < -0.4 is 20.5 Å². The van der Waals surface area contributed by atoms with Gasteiger partial charge in [0.05, 0.1) is 30.0 Å². The lowest BCUT2D eigenvalue weighted by atomic mass is 9.99. The lowest BCUT2D eigenvalue weighted by molar-refractivity contribution is 0.386. The smallest absolute Gasteiger partial charge is 0.263 e. The summed E-state index contributed by atoms with van der Waals surface area (Å²) in [6, 6.07) is 13.7. The summed E-state index contributed by atoms with van der Waals surface area (Å²) in [7, 11) is 4.98. The monoisotopic (exact) mass is 447 g/mol. The first-order valence-electron chi connectivity index (χ1n) is 10.8. The molecule has 1 fully saturated rings. The van der Waals surface area contributed by atoms with Crippen LogP contribution in [0.15, 0.2) is 47.3 Å². The van der Waals surface area contributed by atoms with Crippen molar-refractivity contribution in [2.24, 2.45) is 7.05 Å². The number of aromatic nitrogens is 2. The van der Waals surface area contributed by atoms with Crippen LogP contribution in [0.3, 0.4) is 0 Å². The molecule has 1 N–H and O–H groups in total. The zero-order valence-electron chi connectivity index (χ0n) is 18.9. The summed E-state index contributed by atoms with van der Waals surface area (Å²) in [5.41, 5.74) is 2.03. The molecule has 0 radical (unpaired) electrons. The molecule has 8 heteroatoms. The highest BCUT2D eigenvalue weighted by molar-refractivity contribution is 5.81. The topological polar surface area (TPSA) is 83.2 Å². The highest BCUT2D eigenvalue weighted by Gasteiger charge is 2.23. The first-order valence-corrected chi connectivity index (χ1v) is 10.8. The molecule has 2 heterocycles. The lowest BCUT2D eigenvalue weighted by Gasteiger charge is -2.25. The number of hydrogen-bond acceptors (Lipinski definition) is 6. The molecule has 1 aliphatic rings. The number of hydrogen-bond donors (Lipinski definition) is 1. The minimum absolute atomic E-state index is 0.101. The van der Waals surface area contributed by atoms with E-state index in [-0.39, 0.29) is 11.3 Å². The van der Waals surface area contributed by atoms with Crippen LogP contribution in [0.2, 0.25) is 0 Å². The van der Waals surface area contributed by atoms with Crippen LogP contribution in [0, 0.1) is 17.1 Å². The van der Waals surface area contributed by atoms with Gasteiger partial charge >= 0.3 is 0 Å². The number of likely N-dealkylation sites (N-methyl/N-ethyl adjacent to an activating group) is 1. The van der Waals surface area contributed by atoms with Gasteiger partial charge in [-0.05, 0) is 49.2 Å². The van der Waals surface area contributed by atoms with Crippen molar-refractivity contribution in [3.63, 3.8) is 0 Å². The molecule has 1 unspecified atom stereocenters. The van der Waals surface area contributed by atoms with Gasteiger partial charge in [0, 0.05) is 32.2 Å². The molecule has 1 saturated heterocycles. The molecular weight excluding hydrogens is 421 g/mol. The quantitative estimate of drug-likeness (QED) is 0.624. The Balaban J connectivity index is 1.89. The molecule has 1 aromatic heterocycles. The Morgan fingerprint density at radius 1 is 1.27 bits per heavy atom. The second kappa shape index (κ2) is 9.43. The van der Waals surface area contributed by atoms with Gasteiger partial charge in [-0.1, -0.05) is 18.2 Å². The Hall–Kier alpha value is -3.70. The van der Waals surface area contributed by atoms with E-state index in [9.17, 15) is 9.18 Å². The molecule has 33 heavy (non-hydrogen) atoms. The van der Waals surface area contributed by atoms with Crippen molar-refractivity contribution in [3.8, 4) is 34.2 Å². The SMILES string of the molecule is COc1ccc(-c2c(-c3ccc(C#N)cc3)nc(N(C)CC3CCCN3)n(C)c2=O)cc1F. The molecule has 0 spiro atoms. The first-order chi connectivity index (χ1) is 15.9. The van der Waals surface area contributed by atoms with Gasteiger partial charge in [-0.2, -0.15) is 5.26 Å². The molecule has 7 nitrogen and oxygen atoms in total. The Morgan fingerprint density at radius 2 is 2.00 bits per heavy atom. The van der Waals surface area contributed by atoms with E-state index in [1.165, 1.54) is 23.8 Å². The number of methoxy groups -OCH3 is 1. The summed E-state index contributed by atoms with van der Waals surface area (Å²) in [5, 5.41) is 12.6. The van der Waals surface area contributed by atoms with Crippen molar-refractivity contribution < 1.29 is 9.13 Å². The van der Waals surface area contributed by atoms with Crippen molar-refractivity contribution in [1.29, 1.82) is 5.26 Å².